The van der Waals surface area contributed by atoms with Crippen molar-refractivity contribution >= 4 is 17.4 Å². The first-order valence-electron chi connectivity index (χ1n) is 7.10. The lowest BCUT2D eigenvalue weighted by Crippen LogP contribution is -2.31. The second-order valence-corrected chi connectivity index (χ2v) is 6.23. The minimum Gasteiger partial charge on any atom is -0.357 e. The topological polar surface area (TPSA) is 28.2 Å². The van der Waals surface area contributed by atoms with Gasteiger partial charge in [-0.15, -0.1) is 0 Å². The van der Waals surface area contributed by atoms with Gasteiger partial charge in [0.25, 0.3) is 0 Å². The van der Waals surface area contributed by atoms with Crippen LogP contribution in [0.1, 0.15) is 39.3 Å². The average molecular weight is 282 g/mol. The summed E-state index contributed by atoms with van der Waals surface area (Å²) in [6.45, 7) is 7.24. The SMILES string of the molecule is CC(C)NCc1nc(N(C)C(C)C2CC2)ccc1Cl. The molecule has 106 valence electrons. The van der Waals surface area contributed by atoms with Crippen LogP contribution in [0.2, 0.25) is 5.02 Å². The minimum atomic E-state index is 0.435. The van der Waals surface area contributed by atoms with Crippen LogP contribution in [0.25, 0.3) is 0 Å². The van der Waals surface area contributed by atoms with E-state index in [-0.39, 0.29) is 0 Å². The van der Waals surface area contributed by atoms with E-state index >= 15 is 0 Å². The molecule has 1 saturated carbocycles. The van der Waals surface area contributed by atoms with Gasteiger partial charge in [0.15, 0.2) is 0 Å². The highest BCUT2D eigenvalue weighted by molar-refractivity contribution is 6.31. The van der Waals surface area contributed by atoms with E-state index in [1.165, 1.54) is 12.8 Å². The molecule has 0 radical (unpaired) electrons. The van der Waals surface area contributed by atoms with Crippen LogP contribution in [0.4, 0.5) is 5.82 Å². The average Bonchev–Trinajstić information content (AvgIpc) is 3.20. The fourth-order valence-electron chi connectivity index (χ4n) is 2.20. The van der Waals surface area contributed by atoms with Gasteiger partial charge in [-0.2, -0.15) is 0 Å². The summed E-state index contributed by atoms with van der Waals surface area (Å²) in [5.74, 6) is 1.85. The molecular weight excluding hydrogens is 258 g/mol. The summed E-state index contributed by atoms with van der Waals surface area (Å²) in [6, 6.07) is 4.96. The van der Waals surface area contributed by atoms with E-state index in [4.69, 9.17) is 16.6 Å². The summed E-state index contributed by atoms with van der Waals surface area (Å²) in [7, 11) is 2.12. The van der Waals surface area contributed by atoms with Gasteiger partial charge in [0, 0.05) is 25.7 Å². The number of nitrogens with one attached hydrogen (secondary N) is 1. The van der Waals surface area contributed by atoms with Crippen molar-refractivity contribution in [1.82, 2.24) is 10.3 Å². The molecule has 1 aliphatic rings. The third-order valence-electron chi connectivity index (χ3n) is 3.86. The monoisotopic (exact) mass is 281 g/mol. The van der Waals surface area contributed by atoms with Crippen molar-refractivity contribution in [3.8, 4) is 0 Å². The predicted molar refractivity (Wildman–Crippen MR) is 81.8 cm³/mol. The van der Waals surface area contributed by atoms with Crippen LogP contribution >= 0.6 is 11.6 Å². The van der Waals surface area contributed by atoms with E-state index in [0.717, 1.165) is 29.0 Å². The zero-order valence-electron chi connectivity index (χ0n) is 12.3. The highest BCUT2D eigenvalue weighted by Crippen LogP contribution is 2.36. The van der Waals surface area contributed by atoms with Crippen LogP contribution in [0, 0.1) is 5.92 Å². The van der Waals surface area contributed by atoms with Gasteiger partial charge in [0.1, 0.15) is 5.82 Å². The molecule has 1 aromatic rings. The lowest BCUT2D eigenvalue weighted by Gasteiger charge is -2.26. The molecule has 1 unspecified atom stereocenters. The number of halogens is 1. The molecule has 1 heterocycles. The lowest BCUT2D eigenvalue weighted by molar-refractivity contribution is 0.576. The third-order valence-corrected chi connectivity index (χ3v) is 4.20. The molecule has 3 nitrogen and oxygen atoms in total. The second kappa shape index (κ2) is 6.10. The Hall–Kier alpha value is -0.800. The molecule has 0 saturated heterocycles. The highest BCUT2D eigenvalue weighted by atomic mass is 35.5. The van der Waals surface area contributed by atoms with Crippen LogP contribution < -0.4 is 10.2 Å². The molecule has 19 heavy (non-hydrogen) atoms. The van der Waals surface area contributed by atoms with Crippen molar-refractivity contribution in [1.29, 1.82) is 0 Å². The molecular formula is C15H24ClN3. The molecule has 1 fully saturated rings. The Balaban J connectivity index is 2.10. The maximum Gasteiger partial charge on any atom is 0.128 e. The molecule has 1 N–H and O–H groups in total. The van der Waals surface area contributed by atoms with Crippen molar-refractivity contribution in [2.24, 2.45) is 5.92 Å². The summed E-state index contributed by atoms with van der Waals surface area (Å²) < 4.78 is 0. The van der Waals surface area contributed by atoms with Crippen LogP contribution in [-0.2, 0) is 6.54 Å². The Kier molecular flexibility index (Phi) is 4.69. The molecule has 1 aliphatic carbocycles. The Morgan fingerprint density at radius 1 is 1.37 bits per heavy atom. The number of aromatic nitrogens is 1. The molecule has 4 heteroatoms. The smallest absolute Gasteiger partial charge is 0.128 e. The van der Waals surface area contributed by atoms with Gasteiger partial charge >= 0.3 is 0 Å². The first-order chi connectivity index (χ1) is 8.99. The minimum absolute atomic E-state index is 0.435. The van der Waals surface area contributed by atoms with Gasteiger partial charge in [0.05, 0.1) is 10.7 Å². The van der Waals surface area contributed by atoms with Gasteiger partial charge in [-0.05, 0) is 37.8 Å². The largest absolute Gasteiger partial charge is 0.357 e. The van der Waals surface area contributed by atoms with Crippen molar-refractivity contribution in [2.75, 3.05) is 11.9 Å². The van der Waals surface area contributed by atoms with E-state index < -0.39 is 0 Å². The molecule has 0 aromatic carbocycles. The van der Waals surface area contributed by atoms with Gasteiger partial charge in [-0.1, -0.05) is 25.4 Å². The summed E-state index contributed by atoms with van der Waals surface area (Å²) >= 11 is 6.22. The van der Waals surface area contributed by atoms with Crippen LogP contribution in [0.5, 0.6) is 0 Å². The zero-order valence-corrected chi connectivity index (χ0v) is 13.0. The van der Waals surface area contributed by atoms with E-state index in [2.05, 4.69) is 38.0 Å². The van der Waals surface area contributed by atoms with E-state index in [0.29, 0.717) is 12.1 Å². The Bertz CT molecular complexity index is 429. The zero-order chi connectivity index (χ0) is 14.0. The van der Waals surface area contributed by atoms with Crippen molar-refractivity contribution in [2.45, 2.75) is 52.2 Å². The molecule has 0 spiro atoms. The summed E-state index contributed by atoms with van der Waals surface area (Å²) in [4.78, 5) is 6.98. The van der Waals surface area contributed by atoms with Gasteiger partial charge in [-0.25, -0.2) is 4.98 Å². The first kappa shape index (κ1) is 14.6. The highest BCUT2D eigenvalue weighted by Gasteiger charge is 2.31. The molecule has 1 atom stereocenters. The number of pyridine rings is 1. The van der Waals surface area contributed by atoms with E-state index in [1.54, 1.807) is 0 Å². The van der Waals surface area contributed by atoms with Crippen molar-refractivity contribution < 1.29 is 0 Å². The van der Waals surface area contributed by atoms with Crippen molar-refractivity contribution in [3.63, 3.8) is 0 Å². The molecule has 0 bridgehead atoms. The van der Waals surface area contributed by atoms with Gasteiger partial charge in [-0.3, -0.25) is 0 Å². The number of anilines is 1. The van der Waals surface area contributed by atoms with E-state index in [1.807, 2.05) is 12.1 Å². The summed E-state index contributed by atoms with van der Waals surface area (Å²) in [6.07, 6.45) is 2.70. The molecule has 0 aliphatic heterocycles. The predicted octanol–water partition coefficient (Wildman–Crippen LogP) is 3.47. The van der Waals surface area contributed by atoms with Gasteiger partial charge in [0.2, 0.25) is 0 Å². The Morgan fingerprint density at radius 2 is 2.05 bits per heavy atom. The van der Waals surface area contributed by atoms with Crippen molar-refractivity contribution in [3.05, 3.63) is 22.8 Å². The Morgan fingerprint density at radius 3 is 2.63 bits per heavy atom. The van der Waals surface area contributed by atoms with Crippen LogP contribution in [-0.4, -0.2) is 24.1 Å². The van der Waals surface area contributed by atoms with Crippen LogP contribution in [0.3, 0.4) is 0 Å². The van der Waals surface area contributed by atoms with Gasteiger partial charge < -0.3 is 10.2 Å². The summed E-state index contributed by atoms with van der Waals surface area (Å²) in [5.41, 5.74) is 0.933. The fraction of sp³-hybridized carbons (Fsp3) is 0.667. The quantitative estimate of drug-likeness (QED) is 0.865. The third kappa shape index (κ3) is 3.83. The van der Waals surface area contributed by atoms with E-state index in [9.17, 15) is 0 Å². The number of nitrogens with zero attached hydrogens (tertiary/aromatic N) is 2. The lowest BCUT2D eigenvalue weighted by atomic mass is 10.2. The Labute approximate surface area is 121 Å². The maximum absolute atomic E-state index is 6.22. The number of hydrogen-bond donors (Lipinski definition) is 1. The second-order valence-electron chi connectivity index (χ2n) is 5.82. The number of rotatable bonds is 6. The molecule has 0 amide bonds. The normalized spacial score (nSPS) is 16.7. The standard InChI is InChI=1S/C15H24ClN3/c1-10(2)17-9-14-13(16)7-8-15(18-14)19(4)11(3)12-5-6-12/h7-8,10-12,17H,5-6,9H2,1-4H3. The molecule has 2 rings (SSSR count). The van der Waals surface area contributed by atoms with Crippen LogP contribution in [0.15, 0.2) is 12.1 Å². The summed E-state index contributed by atoms with van der Waals surface area (Å²) in [5, 5.41) is 4.11. The first-order valence-corrected chi connectivity index (χ1v) is 7.48. The number of hydrogen-bond acceptors (Lipinski definition) is 3. The fourth-order valence-corrected chi connectivity index (χ4v) is 2.37. The molecule has 1 aromatic heterocycles. The maximum atomic E-state index is 6.22.